The Morgan fingerprint density at radius 3 is 2.50 bits per heavy atom. The van der Waals surface area contributed by atoms with Gasteiger partial charge >= 0.3 is 0 Å². The fraction of sp³-hybridized carbons (Fsp3) is 0.400. The Hall–Kier alpha value is -1.51. The molecule has 0 spiro atoms. The molecule has 7 nitrogen and oxygen atoms in total. The average Bonchev–Trinajstić information content (AvgIpc) is 2.28. The van der Waals surface area contributed by atoms with Crippen LogP contribution in [0, 0.1) is 10.1 Å². The smallest absolute Gasteiger partial charge is 0.269 e. The second kappa shape index (κ2) is 5.42. The summed E-state index contributed by atoms with van der Waals surface area (Å²) in [6, 6.07) is 5.02. The zero-order valence-corrected chi connectivity index (χ0v) is 10.4. The molecule has 0 aliphatic heterocycles. The lowest BCUT2D eigenvalue weighted by Gasteiger charge is -2.19. The maximum atomic E-state index is 11.3. The monoisotopic (exact) mass is 275 g/mol. The Morgan fingerprint density at radius 2 is 2.06 bits per heavy atom. The van der Waals surface area contributed by atoms with Gasteiger partial charge in [0.2, 0.25) is 0 Å². The Bertz CT molecular complexity index is 541. The number of nitrogens with zero attached hydrogens (tertiary/aromatic N) is 1. The van der Waals surface area contributed by atoms with Crippen molar-refractivity contribution in [3.63, 3.8) is 0 Å². The highest BCUT2D eigenvalue weighted by atomic mass is 32.2. The number of hydrogen-bond acceptors (Lipinski definition) is 6. The van der Waals surface area contributed by atoms with E-state index in [2.05, 4.69) is 0 Å². The molecule has 1 aromatic rings. The fourth-order valence-corrected chi connectivity index (χ4v) is 2.40. The molecule has 1 aromatic carbocycles. The maximum absolute atomic E-state index is 11.3. The van der Waals surface area contributed by atoms with Crippen LogP contribution in [0.3, 0.4) is 0 Å². The van der Waals surface area contributed by atoms with E-state index in [1.54, 1.807) is 0 Å². The van der Waals surface area contributed by atoms with Crippen molar-refractivity contribution in [3.8, 4) is 0 Å². The van der Waals surface area contributed by atoms with Crippen LogP contribution in [-0.2, 0) is 9.84 Å². The lowest BCUT2D eigenvalue weighted by molar-refractivity contribution is -0.385. The summed E-state index contributed by atoms with van der Waals surface area (Å²) in [7, 11) is -3.67. The van der Waals surface area contributed by atoms with Gasteiger partial charge in [0.15, 0.2) is 9.84 Å². The molecule has 0 unspecified atom stereocenters. The number of hydrogen-bond donors (Lipinski definition) is 2. The highest BCUT2D eigenvalue weighted by Crippen LogP contribution is 2.24. The van der Waals surface area contributed by atoms with Gasteiger partial charge in [-0.15, -0.1) is 0 Å². The van der Waals surface area contributed by atoms with Crippen LogP contribution in [0.15, 0.2) is 24.3 Å². The normalized spacial score (nSPS) is 15.1. The maximum Gasteiger partial charge on any atom is 0.269 e. The molecule has 8 heteroatoms. The molecule has 0 radical (unpaired) electrons. The standard InChI is InChI=1S/C10H13NO6S/c1-18(16,17)9(6-12)10(13)7-3-2-4-8(5-7)11(14)15/h2-5,9-10,12-13H,6H2,1H3/t9-,10-/m0/s1. The van der Waals surface area contributed by atoms with E-state index in [1.165, 1.54) is 18.2 Å². The lowest BCUT2D eigenvalue weighted by Crippen LogP contribution is -2.31. The zero-order valence-electron chi connectivity index (χ0n) is 9.55. The first-order valence-corrected chi connectivity index (χ1v) is 6.95. The molecule has 0 saturated carbocycles. The first-order valence-electron chi connectivity index (χ1n) is 4.99. The van der Waals surface area contributed by atoms with E-state index in [-0.39, 0.29) is 11.3 Å². The van der Waals surface area contributed by atoms with E-state index in [0.717, 1.165) is 12.3 Å². The second-order valence-corrected chi connectivity index (χ2v) is 6.11. The fourth-order valence-electron chi connectivity index (χ4n) is 1.51. The number of sulfone groups is 1. The first kappa shape index (κ1) is 14.6. The van der Waals surface area contributed by atoms with E-state index >= 15 is 0 Å². The Kier molecular flexibility index (Phi) is 4.38. The third-order valence-corrected chi connectivity index (χ3v) is 4.01. The summed E-state index contributed by atoms with van der Waals surface area (Å²) in [5, 5.41) is 28.0. The van der Waals surface area contributed by atoms with Crippen LogP contribution in [0.25, 0.3) is 0 Å². The van der Waals surface area contributed by atoms with Crippen molar-refractivity contribution in [3.05, 3.63) is 39.9 Å². The van der Waals surface area contributed by atoms with E-state index < -0.39 is 32.7 Å². The highest BCUT2D eigenvalue weighted by molar-refractivity contribution is 7.91. The predicted molar refractivity (Wildman–Crippen MR) is 63.8 cm³/mol. The molecule has 0 heterocycles. The summed E-state index contributed by atoms with van der Waals surface area (Å²) in [5.41, 5.74) is -0.176. The summed E-state index contributed by atoms with van der Waals surface area (Å²) in [6.45, 7) is -0.761. The number of nitro groups is 1. The number of non-ortho nitro benzene ring substituents is 1. The highest BCUT2D eigenvalue weighted by Gasteiger charge is 2.30. The van der Waals surface area contributed by atoms with Gasteiger partial charge in [-0.2, -0.15) is 0 Å². The van der Waals surface area contributed by atoms with E-state index in [9.17, 15) is 23.6 Å². The molecule has 0 saturated heterocycles. The van der Waals surface area contributed by atoms with Crippen molar-refractivity contribution in [2.24, 2.45) is 0 Å². The second-order valence-electron chi connectivity index (χ2n) is 3.85. The third-order valence-electron chi connectivity index (χ3n) is 2.50. The van der Waals surface area contributed by atoms with Gasteiger partial charge in [0.25, 0.3) is 5.69 Å². The van der Waals surface area contributed by atoms with Crippen LogP contribution in [0.5, 0.6) is 0 Å². The van der Waals surface area contributed by atoms with Gasteiger partial charge in [-0.3, -0.25) is 10.1 Å². The number of aliphatic hydroxyl groups excluding tert-OH is 2. The molecular weight excluding hydrogens is 262 g/mol. The Labute approximate surface area is 104 Å². The molecular formula is C10H13NO6S. The number of nitro benzene ring substituents is 1. The van der Waals surface area contributed by atoms with Crippen LogP contribution in [-0.4, -0.2) is 41.7 Å². The van der Waals surface area contributed by atoms with Crippen LogP contribution in [0.2, 0.25) is 0 Å². The lowest BCUT2D eigenvalue weighted by atomic mass is 10.1. The van der Waals surface area contributed by atoms with E-state index in [1.807, 2.05) is 0 Å². The largest absolute Gasteiger partial charge is 0.395 e. The van der Waals surface area contributed by atoms with Crippen molar-refractivity contribution < 1.29 is 23.6 Å². The summed E-state index contributed by atoms with van der Waals surface area (Å²) in [4.78, 5) is 9.92. The van der Waals surface area contributed by atoms with E-state index in [4.69, 9.17) is 5.11 Å². The van der Waals surface area contributed by atoms with Crippen molar-refractivity contribution in [2.75, 3.05) is 12.9 Å². The van der Waals surface area contributed by atoms with Crippen molar-refractivity contribution in [1.82, 2.24) is 0 Å². The summed E-state index contributed by atoms with van der Waals surface area (Å²) < 4.78 is 22.7. The molecule has 2 atom stereocenters. The quantitative estimate of drug-likeness (QED) is 0.578. The molecule has 1 rings (SSSR count). The van der Waals surface area contributed by atoms with Gasteiger partial charge in [-0.25, -0.2) is 8.42 Å². The molecule has 100 valence electrons. The number of benzene rings is 1. The van der Waals surface area contributed by atoms with Gasteiger partial charge in [0.05, 0.1) is 17.6 Å². The van der Waals surface area contributed by atoms with Gasteiger partial charge in [0, 0.05) is 18.4 Å². The minimum atomic E-state index is -3.67. The molecule has 0 aliphatic carbocycles. The van der Waals surface area contributed by atoms with Crippen LogP contribution >= 0.6 is 0 Å². The van der Waals surface area contributed by atoms with Gasteiger partial charge in [-0.05, 0) is 5.56 Å². The Balaban J connectivity index is 3.13. The van der Waals surface area contributed by atoms with Crippen molar-refractivity contribution >= 4 is 15.5 Å². The van der Waals surface area contributed by atoms with Crippen LogP contribution in [0.1, 0.15) is 11.7 Å². The molecule has 0 aromatic heterocycles. The molecule has 0 aliphatic rings. The van der Waals surface area contributed by atoms with Gasteiger partial charge in [-0.1, -0.05) is 12.1 Å². The van der Waals surface area contributed by atoms with Gasteiger partial charge in [0.1, 0.15) is 5.25 Å². The number of rotatable bonds is 5. The van der Waals surface area contributed by atoms with Crippen molar-refractivity contribution in [1.29, 1.82) is 0 Å². The summed E-state index contributed by atoms with van der Waals surface area (Å²) in [5.74, 6) is 0. The predicted octanol–water partition coefficient (Wildman–Crippen LogP) is 0.0337. The number of aliphatic hydroxyl groups is 2. The summed E-state index contributed by atoms with van der Waals surface area (Å²) >= 11 is 0. The van der Waals surface area contributed by atoms with Gasteiger partial charge < -0.3 is 10.2 Å². The SMILES string of the molecule is CS(=O)(=O)[C@@H](CO)[C@@H](O)c1cccc([N+](=O)[O-])c1. The molecule has 18 heavy (non-hydrogen) atoms. The summed E-state index contributed by atoms with van der Waals surface area (Å²) in [6.07, 6.45) is -0.626. The zero-order chi connectivity index (χ0) is 13.9. The minimum absolute atomic E-state index is 0.0775. The molecule has 0 amide bonds. The average molecular weight is 275 g/mol. The van der Waals surface area contributed by atoms with Crippen molar-refractivity contribution in [2.45, 2.75) is 11.4 Å². The minimum Gasteiger partial charge on any atom is -0.395 e. The third kappa shape index (κ3) is 3.25. The molecule has 2 N–H and O–H groups in total. The first-order chi connectivity index (χ1) is 8.27. The van der Waals surface area contributed by atoms with Crippen LogP contribution in [0.4, 0.5) is 5.69 Å². The molecule has 0 bridgehead atoms. The molecule has 0 fully saturated rings. The Morgan fingerprint density at radius 1 is 1.44 bits per heavy atom. The van der Waals surface area contributed by atoms with E-state index in [0.29, 0.717) is 0 Å². The van der Waals surface area contributed by atoms with Crippen LogP contribution < -0.4 is 0 Å². The topological polar surface area (TPSA) is 118 Å².